The van der Waals surface area contributed by atoms with E-state index in [0.717, 1.165) is 0 Å². The lowest BCUT2D eigenvalue weighted by Gasteiger charge is -2.13. The van der Waals surface area contributed by atoms with Gasteiger partial charge in [0.1, 0.15) is 5.82 Å². The number of thiocarbonyl (C=S) groups is 1. The van der Waals surface area contributed by atoms with Crippen LogP contribution in [0.4, 0.5) is 10.1 Å². The molecule has 3 N–H and O–H groups in total. The molecule has 6 nitrogen and oxygen atoms in total. The molecule has 1 amide bonds. The van der Waals surface area contributed by atoms with Gasteiger partial charge in [-0.05, 0) is 36.7 Å². The summed E-state index contributed by atoms with van der Waals surface area (Å²) in [5.74, 6) is -0.821. The van der Waals surface area contributed by atoms with E-state index in [4.69, 9.17) is 12.2 Å². The molecule has 0 unspecified atom stereocenters. The zero-order chi connectivity index (χ0) is 16.2. The second-order valence-corrected chi connectivity index (χ2v) is 7.72. The van der Waals surface area contributed by atoms with Crippen LogP contribution in [0, 0.1) is 11.7 Å². The van der Waals surface area contributed by atoms with Crippen molar-refractivity contribution in [2.75, 3.05) is 16.8 Å². The molecule has 120 valence electrons. The van der Waals surface area contributed by atoms with Crippen LogP contribution in [-0.4, -0.2) is 30.9 Å². The second-order valence-electron chi connectivity index (χ2n) is 5.08. The van der Waals surface area contributed by atoms with Crippen LogP contribution in [0.15, 0.2) is 24.3 Å². The third-order valence-electron chi connectivity index (χ3n) is 3.24. The molecule has 1 saturated heterocycles. The summed E-state index contributed by atoms with van der Waals surface area (Å²) in [5.41, 5.74) is 5.01. The summed E-state index contributed by atoms with van der Waals surface area (Å²) in [4.78, 5) is 11.7. The first-order valence-corrected chi connectivity index (χ1v) is 8.89. The van der Waals surface area contributed by atoms with E-state index in [1.54, 1.807) is 12.1 Å². The first-order chi connectivity index (χ1) is 10.4. The molecule has 0 bridgehead atoms. The van der Waals surface area contributed by atoms with Gasteiger partial charge in [-0.1, -0.05) is 12.1 Å². The van der Waals surface area contributed by atoms with Crippen molar-refractivity contribution >= 4 is 38.8 Å². The third kappa shape index (κ3) is 4.92. The van der Waals surface area contributed by atoms with Gasteiger partial charge in [0, 0.05) is 6.42 Å². The first kappa shape index (κ1) is 16.6. The zero-order valence-electron chi connectivity index (χ0n) is 11.6. The number of anilines is 1. The van der Waals surface area contributed by atoms with Crippen molar-refractivity contribution in [2.24, 2.45) is 5.92 Å². The van der Waals surface area contributed by atoms with Crippen molar-refractivity contribution < 1.29 is 17.6 Å². The Bertz CT molecular complexity index is 679. The summed E-state index contributed by atoms with van der Waals surface area (Å²) < 4.78 is 36.0. The maximum atomic E-state index is 13.4. The van der Waals surface area contributed by atoms with Crippen molar-refractivity contribution in [2.45, 2.75) is 12.8 Å². The van der Waals surface area contributed by atoms with E-state index in [-0.39, 0.29) is 40.6 Å². The number of benzene rings is 1. The van der Waals surface area contributed by atoms with Crippen LogP contribution in [0.3, 0.4) is 0 Å². The Kier molecular flexibility index (Phi) is 5.30. The summed E-state index contributed by atoms with van der Waals surface area (Å²) in [7, 11) is -3.00. The number of hydrogen-bond acceptors (Lipinski definition) is 4. The minimum absolute atomic E-state index is 0.0393. The van der Waals surface area contributed by atoms with Crippen molar-refractivity contribution in [1.29, 1.82) is 0 Å². The first-order valence-electron chi connectivity index (χ1n) is 6.66. The molecule has 1 aromatic carbocycles. The van der Waals surface area contributed by atoms with Crippen molar-refractivity contribution in [1.82, 2.24) is 10.9 Å². The lowest BCUT2D eigenvalue weighted by molar-refractivity contribution is -0.122. The highest BCUT2D eigenvalue weighted by Gasteiger charge is 2.29. The highest BCUT2D eigenvalue weighted by atomic mass is 32.2. The summed E-state index contributed by atoms with van der Waals surface area (Å²) >= 11 is 4.93. The number of hydrogen-bond donors (Lipinski definition) is 3. The number of carbonyl (C=O) groups is 1. The van der Waals surface area contributed by atoms with Crippen molar-refractivity contribution in [3.05, 3.63) is 30.1 Å². The van der Waals surface area contributed by atoms with Gasteiger partial charge in [-0.25, -0.2) is 12.8 Å². The van der Waals surface area contributed by atoms with Crippen LogP contribution < -0.4 is 16.2 Å². The average Bonchev–Trinajstić information content (AvgIpc) is 2.78. The molecule has 2 rings (SSSR count). The van der Waals surface area contributed by atoms with E-state index in [0.29, 0.717) is 6.42 Å². The lowest BCUT2D eigenvalue weighted by Crippen LogP contribution is -2.44. The van der Waals surface area contributed by atoms with Crippen LogP contribution >= 0.6 is 12.2 Å². The Hall–Kier alpha value is -1.74. The molecule has 0 spiro atoms. The van der Waals surface area contributed by atoms with Crippen LogP contribution in [0.2, 0.25) is 0 Å². The van der Waals surface area contributed by atoms with Gasteiger partial charge >= 0.3 is 0 Å². The Labute approximate surface area is 133 Å². The molecule has 1 atom stereocenters. The molecule has 0 saturated carbocycles. The molecule has 1 aliphatic heterocycles. The fraction of sp³-hybridized carbons (Fsp3) is 0.385. The summed E-state index contributed by atoms with van der Waals surface area (Å²) in [5, 5.41) is 2.65. The van der Waals surface area contributed by atoms with Gasteiger partial charge in [0.2, 0.25) is 5.91 Å². The van der Waals surface area contributed by atoms with Gasteiger partial charge in [-0.15, -0.1) is 0 Å². The number of para-hydroxylation sites is 1. The molecule has 1 aromatic rings. The standard InChI is InChI=1S/C13H16FN3O3S2/c14-10-3-1-2-4-11(10)15-13(21)17-16-12(18)7-9-5-6-22(19,20)8-9/h1-4,9H,5-8H2,(H,16,18)(H2,15,17,21)/t9-/m1/s1. The van der Waals surface area contributed by atoms with Crippen molar-refractivity contribution in [3.8, 4) is 0 Å². The Morgan fingerprint density at radius 1 is 1.32 bits per heavy atom. The Balaban J connectivity index is 1.74. The zero-order valence-corrected chi connectivity index (χ0v) is 13.3. The number of nitrogens with one attached hydrogen (secondary N) is 3. The maximum absolute atomic E-state index is 13.4. The van der Waals surface area contributed by atoms with E-state index in [1.165, 1.54) is 12.1 Å². The van der Waals surface area contributed by atoms with Gasteiger partial charge in [-0.2, -0.15) is 0 Å². The Morgan fingerprint density at radius 2 is 2.05 bits per heavy atom. The molecular weight excluding hydrogens is 329 g/mol. The number of halogens is 1. The van der Waals surface area contributed by atoms with Gasteiger partial charge < -0.3 is 5.32 Å². The fourth-order valence-electron chi connectivity index (χ4n) is 2.19. The molecule has 0 radical (unpaired) electrons. The molecule has 0 aromatic heterocycles. The van der Waals surface area contributed by atoms with E-state index < -0.39 is 15.7 Å². The summed E-state index contributed by atoms with van der Waals surface area (Å²) in [6.07, 6.45) is 0.599. The number of carbonyl (C=O) groups excluding carboxylic acids is 1. The normalized spacial score (nSPS) is 19.4. The lowest BCUT2D eigenvalue weighted by atomic mass is 10.1. The number of amides is 1. The predicted molar refractivity (Wildman–Crippen MR) is 85.3 cm³/mol. The second kappa shape index (κ2) is 7.01. The van der Waals surface area contributed by atoms with Crippen LogP contribution in [0.1, 0.15) is 12.8 Å². The molecule has 0 aliphatic carbocycles. The minimum Gasteiger partial charge on any atom is -0.329 e. The minimum atomic E-state index is -3.00. The van der Waals surface area contributed by atoms with Gasteiger partial charge in [0.05, 0.1) is 17.2 Å². The third-order valence-corrected chi connectivity index (χ3v) is 5.28. The van der Waals surface area contributed by atoms with Crippen molar-refractivity contribution in [3.63, 3.8) is 0 Å². The van der Waals surface area contributed by atoms with Crippen LogP contribution in [0.25, 0.3) is 0 Å². The number of rotatable bonds is 3. The molecule has 9 heteroatoms. The van der Waals surface area contributed by atoms with Gasteiger partial charge in [0.15, 0.2) is 14.9 Å². The van der Waals surface area contributed by atoms with E-state index in [9.17, 15) is 17.6 Å². The van der Waals surface area contributed by atoms with Crippen LogP contribution in [-0.2, 0) is 14.6 Å². The highest BCUT2D eigenvalue weighted by Crippen LogP contribution is 2.21. The smallest absolute Gasteiger partial charge is 0.238 e. The van der Waals surface area contributed by atoms with Gasteiger partial charge in [0.25, 0.3) is 0 Å². The van der Waals surface area contributed by atoms with Gasteiger partial charge in [-0.3, -0.25) is 15.6 Å². The molecular formula is C13H16FN3O3S2. The summed E-state index contributed by atoms with van der Waals surface area (Å²) in [6, 6.07) is 5.99. The molecule has 1 aliphatic rings. The Morgan fingerprint density at radius 3 is 2.68 bits per heavy atom. The number of hydrazine groups is 1. The predicted octanol–water partition coefficient (Wildman–Crippen LogP) is 0.968. The average molecular weight is 345 g/mol. The van der Waals surface area contributed by atoms with E-state index in [2.05, 4.69) is 16.2 Å². The van der Waals surface area contributed by atoms with E-state index in [1.807, 2.05) is 0 Å². The fourth-order valence-corrected chi connectivity index (χ4v) is 4.21. The summed E-state index contributed by atoms with van der Waals surface area (Å²) in [6.45, 7) is 0. The monoisotopic (exact) mass is 345 g/mol. The molecule has 1 heterocycles. The molecule has 1 fully saturated rings. The SMILES string of the molecule is O=C(C[C@H]1CCS(=O)(=O)C1)NNC(=S)Nc1ccccc1F. The quantitative estimate of drug-likeness (QED) is 0.559. The largest absolute Gasteiger partial charge is 0.329 e. The van der Waals surface area contributed by atoms with E-state index >= 15 is 0 Å². The highest BCUT2D eigenvalue weighted by molar-refractivity contribution is 7.91. The number of sulfone groups is 1. The maximum Gasteiger partial charge on any atom is 0.238 e. The van der Waals surface area contributed by atoms with Crippen LogP contribution in [0.5, 0.6) is 0 Å². The topological polar surface area (TPSA) is 87.3 Å². The molecule has 22 heavy (non-hydrogen) atoms.